The zero-order valence-corrected chi connectivity index (χ0v) is 16.9. The van der Waals surface area contributed by atoms with Crippen molar-refractivity contribution in [3.05, 3.63) is 93.7 Å². The SMILES string of the molecule is O=C(NC1(c2ccc(C(F)(F)F)cc2)CCOc2cccnc21)c1ccc2oc(=O)[nH]c2c1. The van der Waals surface area contributed by atoms with Crippen molar-refractivity contribution in [2.75, 3.05) is 6.61 Å². The number of aromatic nitrogens is 2. The van der Waals surface area contributed by atoms with E-state index in [0.29, 0.717) is 28.1 Å². The minimum atomic E-state index is -4.49. The zero-order valence-electron chi connectivity index (χ0n) is 16.9. The highest BCUT2D eigenvalue weighted by atomic mass is 19.4. The van der Waals surface area contributed by atoms with E-state index in [4.69, 9.17) is 9.15 Å². The number of carbonyl (C=O) groups is 1. The maximum atomic E-state index is 13.3. The van der Waals surface area contributed by atoms with Gasteiger partial charge in [0.2, 0.25) is 0 Å². The van der Waals surface area contributed by atoms with Crippen molar-refractivity contribution in [1.82, 2.24) is 15.3 Å². The standard InChI is InChI=1S/C23H16F3N3O4/c24-23(25,26)15-6-4-14(5-7-15)22(9-11-32-18-2-1-10-27-19(18)22)29-20(30)13-3-8-17-16(12-13)28-21(31)33-17/h1-8,10,12H,9,11H2,(H,28,31)(H,29,30). The first-order valence-electron chi connectivity index (χ1n) is 9.98. The van der Waals surface area contributed by atoms with Crippen molar-refractivity contribution in [2.24, 2.45) is 0 Å². The fraction of sp³-hybridized carbons (Fsp3) is 0.174. The monoisotopic (exact) mass is 455 g/mol. The average molecular weight is 455 g/mol. The number of nitrogens with one attached hydrogen (secondary N) is 2. The Kier molecular flexibility index (Phi) is 4.73. The van der Waals surface area contributed by atoms with Crippen molar-refractivity contribution < 1.29 is 27.1 Å². The van der Waals surface area contributed by atoms with Gasteiger partial charge in [0.25, 0.3) is 5.91 Å². The molecule has 0 bridgehead atoms. The van der Waals surface area contributed by atoms with E-state index in [9.17, 15) is 22.8 Å². The molecule has 0 saturated heterocycles. The lowest BCUT2D eigenvalue weighted by molar-refractivity contribution is -0.137. The van der Waals surface area contributed by atoms with Crippen LogP contribution in [-0.4, -0.2) is 22.5 Å². The van der Waals surface area contributed by atoms with Gasteiger partial charge in [-0.3, -0.25) is 14.8 Å². The van der Waals surface area contributed by atoms with E-state index in [1.54, 1.807) is 12.1 Å². The molecule has 5 rings (SSSR count). The van der Waals surface area contributed by atoms with Gasteiger partial charge in [-0.15, -0.1) is 0 Å². The molecule has 0 saturated carbocycles. The van der Waals surface area contributed by atoms with E-state index < -0.39 is 28.9 Å². The lowest BCUT2D eigenvalue weighted by Gasteiger charge is -2.39. The molecule has 168 valence electrons. The summed E-state index contributed by atoms with van der Waals surface area (Å²) >= 11 is 0. The number of pyridine rings is 1. The molecule has 10 heteroatoms. The number of fused-ring (bicyclic) bond motifs is 2. The smallest absolute Gasteiger partial charge is 0.417 e. The molecule has 3 heterocycles. The Morgan fingerprint density at radius 2 is 1.91 bits per heavy atom. The molecule has 1 unspecified atom stereocenters. The number of aromatic amines is 1. The normalized spacial score (nSPS) is 17.9. The third-order valence-corrected chi connectivity index (χ3v) is 5.62. The fourth-order valence-corrected chi connectivity index (χ4v) is 4.04. The average Bonchev–Trinajstić information content (AvgIpc) is 3.18. The van der Waals surface area contributed by atoms with Crippen LogP contribution in [0, 0.1) is 0 Å². The van der Waals surface area contributed by atoms with Crippen LogP contribution in [0.4, 0.5) is 13.2 Å². The Bertz CT molecular complexity index is 1410. The van der Waals surface area contributed by atoms with E-state index >= 15 is 0 Å². The van der Waals surface area contributed by atoms with Gasteiger partial charge in [0.1, 0.15) is 17.0 Å². The zero-order chi connectivity index (χ0) is 23.2. The third kappa shape index (κ3) is 3.63. The molecule has 1 aliphatic heterocycles. The second kappa shape index (κ2) is 7.51. The van der Waals surface area contributed by atoms with Crippen LogP contribution in [0.2, 0.25) is 0 Å². The minimum absolute atomic E-state index is 0.216. The molecule has 7 nitrogen and oxygen atoms in total. The number of H-pyrrole nitrogens is 1. The summed E-state index contributed by atoms with van der Waals surface area (Å²) in [4.78, 5) is 31.6. The molecular formula is C23H16F3N3O4. The Morgan fingerprint density at radius 1 is 1.12 bits per heavy atom. The molecule has 2 aromatic heterocycles. The molecule has 1 amide bonds. The van der Waals surface area contributed by atoms with Crippen LogP contribution >= 0.6 is 0 Å². The van der Waals surface area contributed by atoms with Gasteiger partial charge in [-0.25, -0.2) is 4.79 Å². The van der Waals surface area contributed by atoms with Crippen LogP contribution in [-0.2, 0) is 11.7 Å². The van der Waals surface area contributed by atoms with Gasteiger partial charge in [-0.05, 0) is 48.0 Å². The summed E-state index contributed by atoms with van der Waals surface area (Å²) in [6.07, 6.45) is -2.71. The van der Waals surface area contributed by atoms with Crippen LogP contribution in [0.3, 0.4) is 0 Å². The Balaban J connectivity index is 1.60. The second-order valence-corrected chi connectivity index (χ2v) is 7.61. The Morgan fingerprint density at radius 3 is 2.67 bits per heavy atom. The summed E-state index contributed by atoms with van der Waals surface area (Å²) in [5.74, 6) is -0.720. The van der Waals surface area contributed by atoms with E-state index in [1.165, 1.54) is 36.5 Å². The van der Waals surface area contributed by atoms with E-state index in [1.807, 2.05) is 0 Å². The summed E-state index contributed by atoms with van der Waals surface area (Å²) < 4.78 is 50.0. The number of oxazole rings is 1. The van der Waals surface area contributed by atoms with Gasteiger partial charge >= 0.3 is 11.9 Å². The number of alkyl halides is 3. The lowest BCUT2D eigenvalue weighted by atomic mass is 9.80. The number of ether oxygens (including phenoxy) is 1. The molecule has 4 aromatic rings. The summed E-state index contributed by atoms with van der Waals surface area (Å²) in [7, 11) is 0. The van der Waals surface area contributed by atoms with Gasteiger partial charge in [0.05, 0.1) is 17.7 Å². The fourth-order valence-electron chi connectivity index (χ4n) is 4.04. The number of hydrogen-bond donors (Lipinski definition) is 2. The van der Waals surface area contributed by atoms with Crippen LogP contribution in [0.1, 0.15) is 33.6 Å². The van der Waals surface area contributed by atoms with Crippen molar-refractivity contribution in [2.45, 2.75) is 18.1 Å². The molecule has 1 atom stereocenters. The quantitative estimate of drug-likeness (QED) is 0.487. The number of carbonyl (C=O) groups excluding carboxylic acids is 1. The molecule has 0 radical (unpaired) electrons. The largest absolute Gasteiger partial charge is 0.491 e. The van der Waals surface area contributed by atoms with Gasteiger partial charge in [-0.1, -0.05) is 12.1 Å². The predicted molar refractivity (Wildman–Crippen MR) is 111 cm³/mol. The van der Waals surface area contributed by atoms with Gasteiger partial charge in [0, 0.05) is 18.2 Å². The van der Waals surface area contributed by atoms with Gasteiger partial charge in [0.15, 0.2) is 5.58 Å². The van der Waals surface area contributed by atoms with Crippen LogP contribution < -0.4 is 15.8 Å². The minimum Gasteiger partial charge on any atom is -0.491 e. The molecular weight excluding hydrogens is 439 g/mol. The molecule has 2 N–H and O–H groups in total. The number of rotatable bonds is 3. The number of nitrogens with zero attached hydrogens (tertiary/aromatic N) is 1. The predicted octanol–water partition coefficient (Wildman–Crippen LogP) is 3.99. The topological polar surface area (TPSA) is 97.2 Å². The summed E-state index contributed by atoms with van der Waals surface area (Å²) in [5.41, 5.74) is -0.319. The number of benzene rings is 2. The van der Waals surface area contributed by atoms with Crippen LogP contribution in [0.5, 0.6) is 5.75 Å². The highest BCUT2D eigenvalue weighted by molar-refractivity contribution is 5.97. The first kappa shape index (κ1) is 20.8. The lowest BCUT2D eigenvalue weighted by Crippen LogP contribution is -2.50. The molecule has 1 aliphatic rings. The van der Waals surface area contributed by atoms with Crippen molar-refractivity contribution >= 4 is 17.0 Å². The number of amides is 1. The first-order valence-corrected chi connectivity index (χ1v) is 9.98. The highest BCUT2D eigenvalue weighted by Gasteiger charge is 2.43. The van der Waals surface area contributed by atoms with Crippen molar-refractivity contribution in [3.63, 3.8) is 0 Å². The first-order chi connectivity index (χ1) is 15.8. The van der Waals surface area contributed by atoms with E-state index in [0.717, 1.165) is 12.1 Å². The van der Waals surface area contributed by atoms with E-state index in [2.05, 4.69) is 15.3 Å². The maximum absolute atomic E-state index is 13.3. The summed E-state index contributed by atoms with van der Waals surface area (Å²) in [6.45, 7) is 0.216. The van der Waals surface area contributed by atoms with Gasteiger partial charge < -0.3 is 14.5 Å². The number of hydrogen-bond acceptors (Lipinski definition) is 5. The number of halogens is 3. The summed E-state index contributed by atoms with van der Waals surface area (Å²) in [5, 5.41) is 2.97. The van der Waals surface area contributed by atoms with Crippen molar-refractivity contribution in [3.8, 4) is 5.75 Å². The Hall–Kier alpha value is -4.08. The molecule has 0 fully saturated rings. The van der Waals surface area contributed by atoms with Gasteiger partial charge in [-0.2, -0.15) is 13.2 Å². The van der Waals surface area contributed by atoms with Crippen molar-refractivity contribution in [1.29, 1.82) is 0 Å². The Labute approximate surface area is 184 Å². The van der Waals surface area contributed by atoms with E-state index in [-0.39, 0.29) is 18.6 Å². The third-order valence-electron chi connectivity index (χ3n) is 5.62. The summed E-state index contributed by atoms with van der Waals surface area (Å²) in [6, 6.07) is 12.4. The highest BCUT2D eigenvalue weighted by Crippen LogP contribution is 2.41. The molecule has 33 heavy (non-hydrogen) atoms. The molecule has 0 spiro atoms. The maximum Gasteiger partial charge on any atom is 0.417 e. The molecule has 2 aromatic carbocycles. The molecule has 0 aliphatic carbocycles. The second-order valence-electron chi connectivity index (χ2n) is 7.61. The van der Waals surface area contributed by atoms with Crippen LogP contribution in [0.25, 0.3) is 11.1 Å². The van der Waals surface area contributed by atoms with Crippen LogP contribution in [0.15, 0.2) is 70.0 Å².